The van der Waals surface area contributed by atoms with Gasteiger partial charge in [0.2, 0.25) is 0 Å². The number of nitrogens with zero attached hydrogens (tertiary/aromatic N) is 2. The largest absolute Gasteiger partial charge is 0.379 e. The van der Waals surface area contributed by atoms with E-state index in [-0.39, 0.29) is 11.9 Å². The fourth-order valence-electron chi connectivity index (χ4n) is 4.40. The monoisotopic (exact) mass is 445 g/mol. The number of para-hydroxylation sites is 1. The summed E-state index contributed by atoms with van der Waals surface area (Å²) in [6, 6.07) is 22.9. The molecule has 1 fully saturated rings. The van der Waals surface area contributed by atoms with E-state index in [1.807, 2.05) is 42.6 Å². The molecule has 5 nitrogen and oxygen atoms in total. The third-order valence-electron chi connectivity index (χ3n) is 6.04. The zero-order valence-electron chi connectivity index (χ0n) is 17.9. The number of thiophene rings is 1. The van der Waals surface area contributed by atoms with E-state index in [2.05, 4.69) is 50.5 Å². The number of hydrogen-bond donors (Lipinski definition) is 1. The molecule has 0 aliphatic carbocycles. The molecular formula is C26H27N3O2S. The van der Waals surface area contributed by atoms with Crippen molar-refractivity contribution in [1.29, 1.82) is 0 Å². The van der Waals surface area contributed by atoms with Crippen LogP contribution in [0.25, 0.3) is 10.9 Å². The second kappa shape index (κ2) is 9.69. The van der Waals surface area contributed by atoms with E-state index in [0.717, 1.165) is 49.3 Å². The second-order valence-corrected chi connectivity index (χ2v) is 9.04. The van der Waals surface area contributed by atoms with Crippen LogP contribution >= 0.6 is 11.3 Å². The number of fused-ring (bicyclic) bond motifs is 1. The van der Waals surface area contributed by atoms with Gasteiger partial charge < -0.3 is 14.6 Å². The zero-order chi connectivity index (χ0) is 21.8. The SMILES string of the molecule is O=C(NC[C@H](c1cccs1)N1CCOCC1)c1cn(Cc2ccccc2)c2ccccc12. The van der Waals surface area contributed by atoms with Crippen LogP contribution in [0.4, 0.5) is 0 Å². The number of aromatic nitrogens is 1. The smallest absolute Gasteiger partial charge is 0.253 e. The normalized spacial score (nSPS) is 15.6. The van der Waals surface area contributed by atoms with E-state index in [1.54, 1.807) is 11.3 Å². The van der Waals surface area contributed by atoms with Crippen LogP contribution in [-0.4, -0.2) is 48.2 Å². The minimum absolute atomic E-state index is 0.0252. The first-order valence-corrected chi connectivity index (χ1v) is 11.9. The Morgan fingerprint density at radius 2 is 1.78 bits per heavy atom. The van der Waals surface area contributed by atoms with Crippen molar-refractivity contribution in [3.05, 3.63) is 94.3 Å². The first-order chi connectivity index (χ1) is 15.8. The molecule has 0 spiro atoms. The van der Waals surface area contributed by atoms with E-state index < -0.39 is 0 Å². The van der Waals surface area contributed by atoms with Crippen molar-refractivity contribution in [1.82, 2.24) is 14.8 Å². The standard InChI is InChI=1S/C26H27N3O2S/c30-26(27-17-24(25-11-6-16-32-25)28-12-14-31-15-13-28)22-19-29(18-20-7-2-1-3-8-20)23-10-5-4-9-21(22)23/h1-11,16,19,24H,12-15,17-18H2,(H,27,30)/t24-/m1/s1. The Labute approximate surface area is 192 Å². The Morgan fingerprint density at radius 3 is 2.56 bits per heavy atom. The highest BCUT2D eigenvalue weighted by Crippen LogP contribution is 2.26. The lowest BCUT2D eigenvalue weighted by molar-refractivity contribution is 0.0169. The van der Waals surface area contributed by atoms with Crippen molar-refractivity contribution in [3.63, 3.8) is 0 Å². The van der Waals surface area contributed by atoms with E-state index >= 15 is 0 Å². The average molecular weight is 446 g/mol. The Balaban J connectivity index is 1.37. The van der Waals surface area contributed by atoms with Gasteiger partial charge in [-0.05, 0) is 23.1 Å². The molecule has 0 saturated carbocycles. The van der Waals surface area contributed by atoms with Crippen LogP contribution in [0.15, 0.2) is 78.3 Å². The number of hydrogen-bond acceptors (Lipinski definition) is 4. The van der Waals surface area contributed by atoms with Gasteiger partial charge in [0.05, 0.1) is 24.8 Å². The minimum Gasteiger partial charge on any atom is -0.379 e. The van der Waals surface area contributed by atoms with E-state index in [4.69, 9.17) is 4.74 Å². The Hall–Kier alpha value is -2.93. The highest BCUT2D eigenvalue weighted by molar-refractivity contribution is 7.10. The summed E-state index contributed by atoms with van der Waals surface area (Å²) in [6.07, 6.45) is 1.99. The molecule has 0 bridgehead atoms. The molecule has 0 unspecified atom stereocenters. The van der Waals surface area contributed by atoms with Crippen LogP contribution in [0, 0.1) is 0 Å². The number of carbonyl (C=O) groups is 1. The number of benzene rings is 2. The maximum atomic E-state index is 13.3. The molecule has 1 saturated heterocycles. The summed E-state index contributed by atoms with van der Waals surface area (Å²) in [5, 5.41) is 6.31. The Morgan fingerprint density at radius 1 is 1.00 bits per heavy atom. The summed E-state index contributed by atoms with van der Waals surface area (Å²) in [5.41, 5.74) is 3.01. The van der Waals surface area contributed by atoms with E-state index in [0.29, 0.717) is 6.54 Å². The molecule has 1 N–H and O–H groups in total. The molecule has 4 aromatic rings. The van der Waals surface area contributed by atoms with Crippen molar-refractivity contribution in [2.24, 2.45) is 0 Å². The Bertz CT molecular complexity index is 1160. The number of morpholine rings is 1. The zero-order valence-corrected chi connectivity index (χ0v) is 18.8. The van der Waals surface area contributed by atoms with Crippen LogP contribution in [0.1, 0.15) is 26.8 Å². The lowest BCUT2D eigenvalue weighted by atomic mass is 10.1. The van der Waals surface area contributed by atoms with Crippen molar-refractivity contribution in [2.75, 3.05) is 32.8 Å². The van der Waals surface area contributed by atoms with Gasteiger partial charge in [-0.3, -0.25) is 9.69 Å². The van der Waals surface area contributed by atoms with Crippen LogP contribution < -0.4 is 5.32 Å². The molecule has 6 heteroatoms. The minimum atomic E-state index is -0.0252. The van der Waals surface area contributed by atoms with Crippen LogP contribution in [0.5, 0.6) is 0 Å². The third kappa shape index (κ3) is 4.48. The van der Waals surface area contributed by atoms with Gasteiger partial charge in [-0.25, -0.2) is 0 Å². The number of carbonyl (C=O) groups excluding carboxylic acids is 1. The first-order valence-electron chi connectivity index (χ1n) is 11.0. The number of ether oxygens (including phenoxy) is 1. The van der Waals surface area contributed by atoms with Gasteiger partial charge in [-0.1, -0.05) is 54.6 Å². The van der Waals surface area contributed by atoms with E-state index in [1.165, 1.54) is 10.4 Å². The van der Waals surface area contributed by atoms with Crippen molar-refractivity contribution in [2.45, 2.75) is 12.6 Å². The van der Waals surface area contributed by atoms with Crippen LogP contribution in [0.3, 0.4) is 0 Å². The summed E-state index contributed by atoms with van der Waals surface area (Å²) < 4.78 is 7.70. The molecule has 1 amide bonds. The number of nitrogens with one attached hydrogen (secondary N) is 1. The fraction of sp³-hybridized carbons (Fsp3) is 0.269. The van der Waals surface area contributed by atoms with Gasteiger partial charge in [-0.2, -0.15) is 0 Å². The number of rotatable bonds is 7. The number of amides is 1. The van der Waals surface area contributed by atoms with Gasteiger partial charge in [0, 0.05) is 48.2 Å². The summed E-state index contributed by atoms with van der Waals surface area (Å²) in [7, 11) is 0. The second-order valence-electron chi connectivity index (χ2n) is 8.06. The van der Waals surface area contributed by atoms with Crippen molar-refractivity contribution >= 4 is 28.1 Å². The molecule has 164 valence electrons. The summed E-state index contributed by atoms with van der Waals surface area (Å²) in [6.45, 7) is 4.56. The molecule has 2 aromatic heterocycles. The van der Waals surface area contributed by atoms with Crippen molar-refractivity contribution in [3.8, 4) is 0 Å². The van der Waals surface area contributed by atoms with Crippen LogP contribution in [0.2, 0.25) is 0 Å². The Kier molecular flexibility index (Phi) is 6.34. The third-order valence-corrected chi connectivity index (χ3v) is 7.02. The fourth-order valence-corrected chi connectivity index (χ4v) is 5.26. The van der Waals surface area contributed by atoms with Gasteiger partial charge >= 0.3 is 0 Å². The predicted molar refractivity (Wildman–Crippen MR) is 129 cm³/mol. The van der Waals surface area contributed by atoms with Gasteiger partial charge in [-0.15, -0.1) is 11.3 Å². The average Bonchev–Trinajstić information content (AvgIpc) is 3.50. The molecule has 1 aliphatic rings. The van der Waals surface area contributed by atoms with Gasteiger partial charge in [0.25, 0.3) is 5.91 Å². The maximum absolute atomic E-state index is 13.3. The summed E-state index contributed by atoms with van der Waals surface area (Å²) in [5.74, 6) is -0.0252. The molecule has 0 radical (unpaired) electrons. The molecule has 2 aromatic carbocycles. The maximum Gasteiger partial charge on any atom is 0.253 e. The molecular weight excluding hydrogens is 418 g/mol. The van der Waals surface area contributed by atoms with E-state index in [9.17, 15) is 4.79 Å². The lowest BCUT2D eigenvalue weighted by Gasteiger charge is -2.34. The highest BCUT2D eigenvalue weighted by atomic mass is 32.1. The molecule has 32 heavy (non-hydrogen) atoms. The van der Waals surface area contributed by atoms with Crippen molar-refractivity contribution < 1.29 is 9.53 Å². The quantitative estimate of drug-likeness (QED) is 0.454. The summed E-state index contributed by atoms with van der Waals surface area (Å²) >= 11 is 1.74. The van der Waals surface area contributed by atoms with Crippen LogP contribution in [-0.2, 0) is 11.3 Å². The first kappa shape index (κ1) is 20.9. The predicted octanol–water partition coefficient (Wildman–Crippen LogP) is 4.55. The summed E-state index contributed by atoms with van der Waals surface area (Å²) in [4.78, 5) is 17.0. The molecule has 5 rings (SSSR count). The lowest BCUT2D eigenvalue weighted by Crippen LogP contribution is -2.43. The van der Waals surface area contributed by atoms with Gasteiger partial charge in [0.1, 0.15) is 0 Å². The molecule has 1 atom stereocenters. The molecule has 1 aliphatic heterocycles. The molecule has 3 heterocycles. The highest BCUT2D eigenvalue weighted by Gasteiger charge is 2.25. The topological polar surface area (TPSA) is 46.5 Å². The van der Waals surface area contributed by atoms with Gasteiger partial charge in [0.15, 0.2) is 0 Å².